The molecule has 2 aromatic rings. The number of carbonyl (C=O) groups is 1. The Balaban J connectivity index is 2.15. The van der Waals surface area contributed by atoms with Gasteiger partial charge in [-0.3, -0.25) is 14.9 Å². The van der Waals surface area contributed by atoms with E-state index >= 15 is 0 Å². The number of nitro groups is 1. The fourth-order valence-corrected chi connectivity index (χ4v) is 2.97. The first-order valence-corrected chi connectivity index (χ1v) is 11.6. The van der Waals surface area contributed by atoms with Gasteiger partial charge in [0, 0.05) is 33.0 Å². The molecule has 0 amide bonds. The molecular weight excluding hydrogens is 343 g/mol. The first kappa shape index (κ1) is 19.0. The largest absolute Gasteiger partial charge is 0.361 e. The molecule has 0 atom stereocenters. The lowest BCUT2D eigenvalue weighted by molar-refractivity contribution is -0.384. The van der Waals surface area contributed by atoms with E-state index in [0.717, 1.165) is 24.2 Å². The van der Waals surface area contributed by atoms with Gasteiger partial charge in [0.25, 0.3) is 5.69 Å². The monoisotopic (exact) mass is 364 g/mol. The van der Waals surface area contributed by atoms with Gasteiger partial charge in [-0.25, -0.2) is 4.39 Å². The van der Waals surface area contributed by atoms with Crippen LogP contribution < -0.4 is 0 Å². The van der Waals surface area contributed by atoms with E-state index in [4.69, 9.17) is 4.74 Å². The summed E-state index contributed by atoms with van der Waals surface area (Å²) in [6.07, 6.45) is 1.66. The predicted molar refractivity (Wildman–Crippen MR) is 95.0 cm³/mol. The number of rotatable bonds is 8. The minimum atomic E-state index is -1.21. The zero-order valence-electron chi connectivity index (χ0n) is 14.5. The van der Waals surface area contributed by atoms with Gasteiger partial charge in [0.2, 0.25) is 5.78 Å². The highest BCUT2D eigenvalue weighted by atomic mass is 28.3. The van der Waals surface area contributed by atoms with Gasteiger partial charge in [-0.05, 0) is 24.2 Å². The summed E-state index contributed by atoms with van der Waals surface area (Å²) >= 11 is 0. The fourth-order valence-electron chi connectivity index (χ4n) is 2.21. The number of hydrogen-bond donors (Lipinski definition) is 0. The summed E-state index contributed by atoms with van der Waals surface area (Å²) in [5.74, 6) is -1.40. The van der Waals surface area contributed by atoms with E-state index in [1.54, 1.807) is 22.9 Å². The maximum Gasteiger partial charge on any atom is 0.270 e. The smallest absolute Gasteiger partial charge is 0.270 e. The molecule has 134 valence electrons. The van der Waals surface area contributed by atoms with Crippen molar-refractivity contribution in [3.63, 3.8) is 0 Å². The molecule has 0 saturated carbocycles. The van der Waals surface area contributed by atoms with Crippen molar-refractivity contribution in [3.05, 3.63) is 63.7 Å². The minimum absolute atomic E-state index is 0.176. The molecule has 0 bridgehead atoms. The van der Waals surface area contributed by atoms with Crippen LogP contribution in [0.1, 0.15) is 16.1 Å². The van der Waals surface area contributed by atoms with Crippen LogP contribution >= 0.6 is 0 Å². The average Bonchev–Trinajstić information content (AvgIpc) is 2.98. The van der Waals surface area contributed by atoms with Crippen molar-refractivity contribution in [2.75, 3.05) is 6.61 Å². The summed E-state index contributed by atoms with van der Waals surface area (Å²) in [5, 5.41) is 10.8. The molecule has 0 spiro atoms. The normalized spacial score (nSPS) is 11.5. The lowest BCUT2D eigenvalue weighted by Gasteiger charge is -2.16. The SMILES string of the molecule is C[Si](C)(C)CCOCn1cccc1C(=O)c1cc([N+](=O)[O-])ccc1F. The van der Waals surface area contributed by atoms with Crippen LogP contribution in [0.15, 0.2) is 36.5 Å². The second-order valence-corrected chi connectivity index (χ2v) is 12.6. The first-order chi connectivity index (χ1) is 11.7. The van der Waals surface area contributed by atoms with Gasteiger partial charge in [0.1, 0.15) is 12.5 Å². The van der Waals surface area contributed by atoms with Crippen molar-refractivity contribution < 1.29 is 18.8 Å². The minimum Gasteiger partial charge on any atom is -0.361 e. The molecule has 25 heavy (non-hydrogen) atoms. The number of non-ortho nitro benzene ring substituents is 1. The van der Waals surface area contributed by atoms with E-state index in [-0.39, 0.29) is 23.7 Å². The zero-order valence-corrected chi connectivity index (χ0v) is 15.5. The molecule has 6 nitrogen and oxygen atoms in total. The Morgan fingerprint density at radius 3 is 2.68 bits per heavy atom. The van der Waals surface area contributed by atoms with Crippen LogP contribution in [0, 0.1) is 15.9 Å². The van der Waals surface area contributed by atoms with Crippen molar-refractivity contribution in [1.82, 2.24) is 4.57 Å². The van der Waals surface area contributed by atoms with Crippen molar-refractivity contribution in [3.8, 4) is 0 Å². The Hall–Kier alpha value is -2.32. The molecule has 0 aliphatic carbocycles. The third-order valence-electron chi connectivity index (χ3n) is 3.69. The van der Waals surface area contributed by atoms with Gasteiger partial charge in [-0.2, -0.15) is 0 Å². The molecule has 0 N–H and O–H groups in total. The highest BCUT2D eigenvalue weighted by Gasteiger charge is 2.21. The molecule has 8 heteroatoms. The van der Waals surface area contributed by atoms with E-state index in [9.17, 15) is 19.3 Å². The number of benzene rings is 1. The molecular formula is C17H21FN2O4Si. The summed E-state index contributed by atoms with van der Waals surface area (Å²) in [6.45, 7) is 7.49. The topological polar surface area (TPSA) is 74.4 Å². The van der Waals surface area contributed by atoms with Gasteiger partial charge < -0.3 is 9.30 Å². The fraction of sp³-hybridized carbons (Fsp3) is 0.353. The van der Waals surface area contributed by atoms with Gasteiger partial charge in [0.05, 0.1) is 16.2 Å². The van der Waals surface area contributed by atoms with Gasteiger partial charge >= 0.3 is 0 Å². The van der Waals surface area contributed by atoms with Crippen LogP contribution in [0.4, 0.5) is 10.1 Å². The number of ketones is 1. The molecule has 1 aromatic heterocycles. The van der Waals surface area contributed by atoms with Crippen molar-refractivity contribution in [2.24, 2.45) is 0 Å². The summed E-state index contributed by atoms with van der Waals surface area (Å²) < 4.78 is 21.2. The predicted octanol–water partition coefficient (Wildman–Crippen LogP) is 4.08. The second-order valence-electron chi connectivity index (χ2n) is 6.96. The second kappa shape index (κ2) is 7.71. The van der Waals surface area contributed by atoms with Crippen molar-refractivity contribution >= 4 is 19.5 Å². The summed E-state index contributed by atoms with van der Waals surface area (Å²) in [5.41, 5.74) is -0.419. The van der Waals surface area contributed by atoms with E-state index in [1.807, 2.05) is 0 Å². The molecule has 0 fully saturated rings. The van der Waals surface area contributed by atoms with Gasteiger partial charge in [0.15, 0.2) is 0 Å². The standard InChI is InChI=1S/C17H21FN2O4Si/c1-25(2,3)10-9-24-12-19-8-4-5-16(19)17(21)14-11-13(20(22)23)6-7-15(14)18/h4-8,11H,9-10,12H2,1-3H3. The molecule has 0 aliphatic heterocycles. The highest BCUT2D eigenvalue weighted by Crippen LogP contribution is 2.20. The van der Waals surface area contributed by atoms with E-state index in [2.05, 4.69) is 19.6 Å². The quantitative estimate of drug-likeness (QED) is 0.233. The first-order valence-electron chi connectivity index (χ1n) is 7.90. The van der Waals surface area contributed by atoms with Crippen LogP contribution in [-0.4, -0.2) is 30.0 Å². The number of halogens is 1. The molecule has 0 unspecified atom stereocenters. The van der Waals surface area contributed by atoms with Crippen LogP contribution in [-0.2, 0) is 11.5 Å². The molecule has 0 saturated heterocycles. The molecule has 0 aliphatic rings. The van der Waals surface area contributed by atoms with Crippen LogP contribution in [0.3, 0.4) is 0 Å². The molecule has 2 rings (SSSR count). The third-order valence-corrected chi connectivity index (χ3v) is 5.40. The maximum absolute atomic E-state index is 14.0. The zero-order chi connectivity index (χ0) is 18.6. The Kier molecular flexibility index (Phi) is 5.86. The van der Waals surface area contributed by atoms with E-state index in [1.165, 1.54) is 0 Å². The van der Waals surface area contributed by atoms with E-state index < -0.39 is 24.6 Å². The number of nitro benzene ring substituents is 1. The average molecular weight is 364 g/mol. The summed E-state index contributed by atoms with van der Waals surface area (Å²) in [6, 6.07) is 7.12. The number of ether oxygens (including phenoxy) is 1. The Morgan fingerprint density at radius 1 is 1.32 bits per heavy atom. The number of carbonyl (C=O) groups excluding carboxylic acids is 1. The third kappa shape index (κ3) is 5.07. The number of nitrogens with zero attached hydrogens (tertiary/aromatic N) is 2. The summed E-state index contributed by atoms with van der Waals surface area (Å²) in [7, 11) is -1.21. The van der Waals surface area contributed by atoms with Crippen molar-refractivity contribution in [1.29, 1.82) is 0 Å². The molecule has 0 radical (unpaired) electrons. The Bertz CT molecular complexity index is 783. The molecule has 1 heterocycles. The lowest BCUT2D eigenvalue weighted by Crippen LogP contribution is -2.22. The number of aromatic nitrogens is 1. The number of hydrogen-bond acceptors (Lipinski definition) is 4. The summed E-state index contributed by atoms with van der Waals surface area (Å²) in [4.78, 5) is 22.8. The van der Waals surface area contributed by atoms with Crippen molar-refractivity contribution in [2.45, 2.75) is 32.4 Å². The molecule has 1 aromatic carbocycles. The maximum atomic E-state index is 14.0. The van der Waals surface area contributed by atoms with Crippen LogP contribution in [0.25, 0.3) is 0 Å². The van der Waals surface area contributed by atoms with Crippen LogP contribution in [0.2, 0.25) is 25.7 Å². The van der Waals surface area contributed by atoms with E-state index in [0.29, 0.717) is 6.61 Å². The Labute approximate surface area is 146 Å². The van der Waals surface area contributed by atoms with Gasteiger partial charge in [-0.1, -0.05) is 19.6 Å². The Morgan fingerprint density at radius 2 is 2.04 bits per heavy atom. The van der Waals surface area contributed by atoms with Crippen LogP contribution in [0.5, 0.6) is 0 Å². The lowest BCUT2D eigenvalue weighted by atomic mass is 10.1. The van der Waals surface area contributed by atoms with Gasteiger partial charge in [-0.15, -0.1) is 0 Å². The highest BCUT2D eigenvalue weighted by molar-refractivity contribution is 6.76.